The van der Waals surface area contributed by atoms with Gasteiger partial charge in [0.2, 0.25) is 0 Å². The molecule has 0 saturated carbocycles. The van der Waals surface area contributed by atoms with Crippen LogP contribution in [0.15, 0.2) is 12.3 Å². The fraction of sp³-hybridized carbons (Fsp3) is 0.250. The third kappa shape index (κ3) is 2.45. The van der Waals surface area contributed by atoms with Gasteiger partial charge in [-0.15, -0.1) is 0 Å². The molecule has 0 aliphatic heterocycles. The highest BCUT2D eigenvalue weighted by atomic mass is 19.4. The first kappa shape index (κ1) is 10.5. The van der Waals surface area contributed by atoms with E-state index >= 15 is 0 Å². The van der Waals surface area contributed by atoms with Crippen LogP contribution < -0.4 is 0 Å². The summed E-state index contributed by atoms with van der Waals surface area (Å²) in [5.74, 6) is 0. The number of aromatic nitrogens is 2. The monoisotopic (exact) mass is 204 g/mol. The molecule has 0 atom stereocenters. The van der Waals surface area contributed by atoms with Crippen molar-refractivity contribution < 1.29 is 18.0 Å². The van der Waals surface area contributed by atoms with E-state index in [0.717, 1.165) is 6.20 Å². The zero-order valence-electron chi connectivity index (χ0n) is 7.01. The number of carbonyl (C=O) groups excluding carboxylic acids is 1. The van der Waals surface area contributed by atoms with Gasteiger partial charge in [-0.25, -0.2) is 0 Å². The summed E-state index contributed by atoms with van der Waals surface area (Å²) in [7, 11) is 0. The van der Waals surface area contributed by atoms with Gasteiger partial charge in [-0.3, -0.25) is 5.10 Å². The Kier molecular flexibility index (Phi) is 3.06. The van der Waals surface area contributed by atoms with Gasteiger partial charge in [-0.1, -0.05) is 12.2 Å². The summed E-state index contributed by atoms with van der Waals surface area (Å²) in [6.45, 7) is 0. The molecule has 1 aromatic rings. The molecule has 0 bridgehead atoms. The summed E-state index contributed by atoms with van der Waals surface area (Å²) in [6, 6.07) is 0. The van der Waals surface area contributed by atoms with Gasteiger partial charge in [0.25, 0.3) is 0 Å². The number of allylic oxidation sites excluding steroid dienone is 1. The van der Waals surface area contributed by atoms with Crippen molar-refractivity contribution in [3.05, 3.63) is 23.5 Å². The molecule has 1 N–H and O–H groups in total. The summed E-state index contributed by atoms with van der Waals surface area (Å²) in [6.07, 6.45) is -0.151. The Hall–Kier alpha value is -1.59. The zero-order valence-corrected chi connectivity index (χ0v) is 7.01. The minimum Gasteiger partial charge on any atom is -0.303 e. The molecule has 1 heterocycles. The van der Waals surface area contributed by atoms with Crippen LogP contribution in [0.3, 0.4) is 0 Å². The molecular formula is C8H7F3N2O. The Labute approximate surface area is 77.6 Å². The number of alkyl halides is 3. The van der Waals surface area contributed by atoms with Crippen LogP contribution in [0.4, 0.5) is 13.2 Å². The maximum Gasteiger partial charge on any atom is 0.433 e. The van der Waals surface area contributed by atoms with Crippen molar-refractivity contribution in [2.45, 2.75) is 12.6 Å². The van der Waals surface area contributed by atoms with E-state index in [9.17, 15) is 18.0 Å². The van der Waals surface area contributed by atoms with Crippen LogP contribution in [0.2, 0.25) is 0 Å². The Morgan fingerprint density at radius 2 is 2.21 bits per heavy atom. The van der Waals surface area contributed by atoms with Crippen LogP contribution >= 0.6 is 0 Å². The Morgan fingerprint density at radius 1 is 1.50 bits per heavy atom. The number of hydrogen-bond acceptors (Lipinski definition) is 2. The summed E-state index contributed by atoms with van der Waals surface area (Å²) in [4.78, 5) is 9.92. The molecule has 0 fully saturated rings. The van der Waals surface area contributed by atoms with Gasteiger partial charge in [0.05, 0.1) is 6.20 Å². The quantitative estimate of drug-likeness (QED) is 0.765. The smallest absolute Gasteiger partial charge is 0.303 e. The molecule has 1 aromatic heterocycles. The Morgan fingerprint density at radius 3 is 2.79 bits per heavy atom. The van der Waals surface area contributed by atoms with Crippen molar-refractivity contribution in [3.63, 3.8) is 0 Å². The number of carbonyl (C=O) groups is 1. The van der Waals surface area contributed by atoms with E-state index in [1.165, 1.54) is 12.2 Å². The van der Waals surface area contributed by atoms with Crippen LogP contribution in [-0.2, 0) is 11.0 Å². The number of aromatic amines is 1. The molecule has 0 aromatic carbocycles. The Balaban J connectivity index is 2.88. The second kappa shape index (κ2) is 4.08. The summed E-state index contributed by atoms with van der Waals surface area (Å²) >= 11 is 0. The number of halogens is 3. The van der Waals surface area contributed by atoms with E-state index in [0.29, 0.717) is 6.29 Å². The second-order valence-electron chi connectivity index (χ2n) is 2.50. The van der Waals surface area contributed by atoms with Gasteiger partial charge in [0, 0.05) is 12.0 Å². The molecule has 0 amide bonds. The van der Waals surface area contributed by atoms with E-state index in [-0.39, 0.29) is 12.0 Å². The van der Waals surface area contributed by atoms with Crippen molar-refractivity contribution in [1.82, 2.24) is 10.2 Å². The van der Waals surface area contributed by atoms with Crippen LogP contribution in [0.25, 0.3) is 6.08 Å². The average Bonchev–Trinajstić information content (AvgIpc) is 2.52. The van der Waals surface area contributed by atoms with Crippen LogP contribution in [-0.4, -0.2) is 16.5 Å². The van der Waals surface area contributed by atoms with E-state index in [2.05, 4.69) is 5.10 Å². The summed E-state index contributed by atoms with van der Waals surface area (Å²) in [5.41, 5.74) is -0.973. The maximum absolute atomic E-state index is 12.2. The van der Waals surface area contributed by atoms with Crippen molar-refractivity contribution in [2.24, 2.45) is 0 Å². The molecule has 6 heteroatoms. The fourth-order valence-electron chi connectivity index (χ4n) is 0.899. The summed E-state index contributed by atoms with van der Waals surface area (Å²) in [5, 5.41) is 5.14. The molecule has 0 radical (unpaired) electrons. The zero-order chi connectivity index (χ0) is 10.6. The molecule has 1 rings (SSSR count). The van der Waals surface area contributed by atoms with Crippen LogP contribution in [0.1, 0.15) is 17.7 Å². The highest BCUT2D eigenvalue weighted by Gasteiger charge is 2.34. The van der Waals surface area contributed by atoms with Crippen molar-refractivity contribution in [2.75, 3.05) is 0 Å². The number of rotatable bonds is 3. The van der Waals surface area contributed by atoms with E-state index in [1.54, 1.807) is 0 Å². The van der Waals surface area contributed by atoms with E-state index in [4.69, 9.17) is 0 Å². The number of nitrogens with one attached hydrogen (secondary N) is 1. The second-order valence-corrected chi connectivity index (χ2v) is 2.50. The third-order valence-electron chi connectivity index (χ3n) is 1.48. The average molecular weight is 204 g/mol. The van der Waals surface area contributed by atoms with E-state index < -0.39 is 11.9 Å². The molecule has 14 heavy (non-hydrogen) atoms. The number of hydrogen-bond donors (Lipinski definition) is 1. The first-order valence-electron chi connectivity index (χ1n) is 3.76. The fourth-order valence-corrected chi connectivity index (χ4v) is 0.899. The summed E-state index contributed by atoms with van der Waals surface area (Å²) < 4.78 is 36.6. The lowest BCUT2D eigenvalue weighted by molar-refractivity contribution is -0.141. The van der Waals surface area contributed by atoms with Gasteiger partial charge in [0.1, 0.15) is 12.0 Å². The van der Waals surface area contributed by atoms with Crippen molar-refractivity contribution in [3.8, 4) is 0 Å². The predicted octanol–water partition coefficient (Wildman–Crippen LogP) is 2.03. The van der Waals surface area contributed by atoms with Gasteiger partial charge in [-0.05, 0) is 0 Å². The first-order chi connectivity index (χ1) is 6.55. The van der Waals surface area contributed by atoms with Gasteiger partial charge >= 0.3 is 6.18 Å². The standard InChI is InChI=1S/C8H7F3N2O/c9-8(10,11)7-6(5-12-13-7)3-1-2-4-14/h1,3-5H,2H2,(H,12,13). The molecule has 0 aliphatic carbocycles. The van der Waals surface area contributed by atoms with Crippen LogP contribution in [0.5, 0.6) is 0 Å². The highest BCUT2D eigenvalue weighted by molar-refractivity contribution is 5.58. The lowest BCUT2D eigenvalue weighted by Crippen LogP contribution is -2.07. The molecular weight excluding hydrogens is 197 g/mol. The van der Waals surface area contributed by atoms with E-state index in [1.807, 2.05) is 5.10 Å². The van der Waals surface area contributed by atoms with Gasteiger partial charge < -0.3 is 4.79 Å². The SMILES string of the molecule is O=CCC=Cc1cn[nH]c1C(F)(F)F. The lowest BCUT2D eigenvalue weighted by Gasteiger charge is -2.03. The molecule has 76 valence electrons. The van der Waals surface area contributed by atoms with Gasteiger partial charge in [0.15, 0.2) is 0 Å². The minimum absolute atomic E-state index is 0.0700. The number of nitrogens with zero attached hydrogens (tertiary/aromatic N) is 1. The molecule has 3 nitrogen and oxygen atoms in total. The lowest BCUT2D eigenvalue weighted by atomic mass is 10.2. The minimum atomic E-state index is -4.45. The van der Waals surface area contributed by atoms with Crippen molar-refractivity contribution >= 4 is 12.4 Å². The first-order valence-corrected chi connectivity index (χ1v) is 3.76. The number of aldehydes is 1. The largest absolute Gasteiger partial charge is 0.433 e. The maximum atomic E-state index is 12.2. The van der Waals surface area contributed by atoms with Gasteiger partial charge in [-0.2, -0.15) is 18.3 Å². The highest BCUT2D eigenvalue weighted by Crippen LogP contribution is 2.30. The van der Waals surface area contributed by atoms with Crippen LogP contribution in [0, 0.1) is 0 Å². The molecule has 0 saturated heterocycles. The van der Waals surface area contributed by atoms with Crippen molar-refractivity contribution in [1.29, 1.82) is 0 Å². The topological polar surface area (TPSA) is 45.8 Å². The normalized spacial score (nSPS) is 12.2. The molecule has 0 aliphatic rings. The Bertz CT molecular complexity index is 341. The third-order valence-corrected chi connectivity index (χ3v) is 1.48. The molecule has 0 unspecified atom stereocenters. The number of H-pyrrole nitrogens is 1. The predicted molar refractivity (Wildman–Crippen MR) is 43.3 cm³/mol. The molecule has 0 spiro atoms.